The largest absolute Gasteiger partial charge is 0.368 e. The molecular formula is C22H29N3. The van der Waals surface area contributed by atoms with Crippen LogP contribution in [-0.2, 0) is 0 Å². The van der Waals surface area contributed by atoms with E-state index in [9.17, 15) is 0 Å². The zero-order valence-corrected chi connectivity index (χ0v) is 16.3. The molecule has 0 amide bonds. The minimum absolute atomic E-state index is 0.485. The summed E-state index contributed by atoms with van der Waals surface area (Å²) >= 11 is 0. The first-order valence-electron chi connectivity index (χ1n) is 9.28. The van der Waals surface area contributed by atoms with E-state index in [2.05, 4.69) is 81.7 Å². The van der Waals surface area contributed by atoms with E-state index >= 15 is 0 Å². The molecule has 0 aliphatic carbocycles. The molecule has 3 rings (SSSR count). The number of aryl methyl sites for hydroxylation is 4. The Bertz CT molecular complexity index is 878. The molecule has 0 fully saturated rings. The van der Waals surface area contributed by atoms with Gasteiger partial charge in [0.1, 0.15) is 11.5 Å². The van der Waals surface area contributed by atoms with Crippen molar-refractivity contribution >= 4 is 11.5 Å². The summed E-state index contributed by atoms with van der Waals surface area (Å²) in [5.74, 6) is 1.13. The van der Waals surface area contributed by atoms with Gasteiger partial charge in [-0.3, -0.25) is 4.40 Å². The fourth-order valence-corrected chi connectivity index (χ4v) is 3.81. The Morgan fingerprint density at radius 3 is 2.24 bits per heavy atom. The van der Waals surface area contributed by atoms with Crippen LogP contribution in [0.3, 0.4) is 0 Å². The molecule has 0 aliphatic heterocycles. The van der Waals surface area contributed by atoms with E-state index in [0.717, 1.165) is 30.0 Å². The molecule has 25 heavy (non-hydrogen) atoms. The van der Waals surface area contributed by atoms with Crippen LogP contribution in [-0.4, -0.2) is 15.4 Å². The first-order chi connectivity index (χ1) is 11.9. The average Bonchev–Trinajstić information content (AvgIpc) is 2.95. The van der Waals surface area contributed by atoms with Crippen LogP contribution in [0.1, 0.15) is 49.1 Å². The average molecular weight is 335 g/mol. The highest BCUT2D eigenvalue weighted by atomic mass is 15.1. The number of fused-ring (bicyclic) bond motifs is 1. The fraction of sp³-hybridized carbons (Fsp3) is 0.409. The number of hydrogen-bond donors (Lipinski definition) is 1. The molecule has 0 unspecified atom stereocenters. The number of nitrogens with zero attached hydrogens (tertiary/aromatic N) is 2. The van der Waals surface area contributed by atoms with Gasteiger partial charge in [-0.15, -0.1) is 0 Å². The highest BCUT2D eigenvalue weighted by Gasteiger charge is 2.15. The number of nitrogens with one attached hydrogen (secondary N) is 1. The molecule has 3 nitrogen and oxygen atoms in total. The number of rotatable bonds is 5. The summed E-state index contributed by atoms with van der Waals surface area (Å²) < 4.78 is 2.19. The molecule has 3 heteroatoms. The monoisotopic (exact) mass is 335 g/mol. The molecule has 2 aromatic heterocycles. The summed E-state index contributed by atoms with van der Waals surface area (Å²) in [5, 5.41) is 3.69. The maximum absolute atomic E-state index is 4.86. The lowest BCUT2D eigenvalue weighted by Crippen LogP contribution is -2.19. The van der Waals surface area contributed by atoms with Crippen molar-refractivity contribution in [1.82, 2.24) is 9.38 Å². The molecule has 3 aromatic rings. The normalized spacial score (nSPS) is 11.5. The van der Waals surface area contributed by atoms with Gasteiger partial charge in [0.15, 0.2) is 0 Å². The van der Waals surface area contributed by atoms with Crippen molar-refractivity contribution in [2.45, 2.75) is 60.4 Å². The molecule has 1 N–H and O–H groups in total. The summed E-state index contributed by atoms with van der Waals surface area (Å²) in [6.07, 6.45) is 4.37. The van der Waals surface area contributed by atoms with Gasteiger partial charge in [-0.25, -0.2) is 4.98 Å². The predicted molar refractivity (Wildman–Crippen MR) is 108 cm³/mol. The molecule has 0 saturated carbocycles. The van der Waals surface area contributed by atoms with Crippen LogP contribution in [0.2, 0.25) is 0 Å². The molecule has 0 aliphatic rings. The fourth-order valence-electron chi connectivity index (χ4n) is 3.81. The molecular weight excluding hydrogens is 306 g/mol. The molecule has 132 valence electrons. The van der Waals surface area contributed by atoms with Crippen molar-refractivity contribution in [1.29, 1.82) is 0 Å². The Balaban J connectivity index is 2.19. The van der Waals surface area contributed by atoms with Crippen molar-refractivity contribution in [3.63, 3.8) is 0 Å². The van der Waals surface area contributed by atoms with E-state index in [-0.39, 0.29) is 0 Å². The third-order valence-corrected chi connectivity index (χ3v) is 5.03. The Morgan fingerprint density at radius 1 is 1.00 bits per heavy atom. The van der Waals surface area contributed by atoms with Crippen LogP contribution in [0, 0.1) is 27.7 Å². The SMILES string of the molecule is CCC(CC)Nc1cc(C)nc2c(-c3c(C)cc(C)cc3C)ccn12. The van der Waals surface area contributed by atoms with Crippen LogP contribution < -0.4 is 5.32 Å². The summed E-state index contributed by atoms with van der Waals surface area (Å²) in [6, 6.07) is 9.34. The van der Waals surface area contributed by atoms with Crippen molar-refractivity contribution in [2.24, 2.45) is 0 Å². The summed E-state index contributed by atoms with van der Waals surface area (Å²) in [5.41, 5.74) is 8.52. The number of benzene rings is 1. The summed E-state index contributed by atoms with van der Waals surface area (Å²) in [7, 11) is 0. The molecule has 2 heterocycles. The van der Waals surface area contributed by atoms with Gasteiger partial charge in [0.05, 0.1) is 0 Å². The molecule has 0 atom stereocenters. The van der Waals surface area contributed by atoms with Crippen molar-refractivity contribution in [2.75, 3.05) is 5.32 Å². The number of hydrogen-bond acceptors (Lipinski definition) is 2. The maximum atomic E-state index is 4.86. The second-order valence-corrected chi connectivity index (χ2v) is 7.14. The van der Waals surface area contributed by atoms with Gasteiger partial charge in [0.25, 0.3) is 0 Å². The Hall–Kier alpha value is -2.29. The number of aromatic nitrogens is 2. The van der Waals surface area contributed by atoms with Gasteiger partial charge in [0.2, 0.25) is 0 Å². The predicted octanol–water partition coefficient (Wildman–Crippen LogP) is 5.84. The van der Waals surface area contributed by atoms with Gasteiger partial charge in [-0.1, -0.05) is 31.5 Å². The van der Waals surface area contributed by atoms with Gasteiger partial charge in [-0.2, -0.15) is 0 Å². The van der Waals surface area contributed by atoms with E-state index in [0.29, 0.717) is 6.04 Å². The summed E-state index contributed by atoms with van der Waals surface area (Å²) in [6.45, 7) is 13.1. The number of anilines is 1. The molecule has 0 spiro atoms. The lowest BCUT2D eigenvalue weighted by molar-refractivity contribution is 0.666. The van der Waals surface area contributed by atoms with Gasteiger partial charge in [0, 0.05) is 29.6 Å². The van der Waals surface area contributed by atoms with E-state index in [1.54, 1.807) is 0 Å². The van der Waals surface area contributed by atoms with Crippen LogP contribution >= 0.6 is 0 Å². The Kier molecular flexibility index (Phi) is 4.85. The van der Waals surface area contributed by atoms with Crippen LogP contribution in [0.5, 0.6) is 0 Å². The lowest BCUT2D eigenvalue weighted by Gasteiger charge is -2.18. The minimum atomic E-state index is 0.485. The second kappa shape index (κ2) is 6.91. The minimum Gasteiger partial charge on any atom is -0.368 e. The smallest absolute Gasteiger partial charge is 0.146 e. The molecule has 0 radical (unpaired) electrons. The molecule has 0 saturated heterocycles. The Morgan fingerprint density at radius 2 is 1.64 bits per heavy atom. The van der Waals surface area contributed by atoms with Gasteiger partial charge < -0.3 is 5.32 Å². The van der Waals surface area contributed by atoms with Crippen molar-refractivity contribution in [3.8, 4) is 11.1 Å². The highest BCUT2D eigenvalue weighted by Crippen LogP contribution is 2.33. The highest BCUT2D eigenvalue weighted by molar-refractivity contribution is 5.83. The maximum Gasteiger partial charge on any atom is 0.146 e. The van der Waals surface area contributed by atoms with Gasteiger partial charge >= 0.3 is 0 Å². The Labute approximate surface area is 151 Å². The zero-order valence-electron chi connectivity index (χ0n) is 16.3. The van der Waals surface area contributed by atoms with Crippen LogP contribution in [0.15, 0.2) is 30.5 Å². The van der Waals surface area contributed by atoms with E-state index in [4.69, 9.17) is 4.98 Å². The van der Waals surface area contributed by atoms with Crippen LogP contribution in [0.25, 0.3) is 16.8 Å². The summed E-state index contributed by atoms with van der Waals surface area (Å²) in [4.78, 5) is 4.86. The lowest BCUT2D eigenvalue weighted by atomic mass is 9.95. The topological polar surface area (TPSA) is 29.3 Å². The first kappa shape index (κ1) is 17.5. The quantitative estimate of drug-likeness (QED) is 0.635. The van der Waals surface area contributed by atoms with Crippen molar-refractivity contribution < 1.29 is 0 Å². The van der Waals surface area contributed by atoms with Crippen LogP contribution in [0.4, 0.5) is 5.82 Å². The van der Waals surface area contributed by atoms with E-state index < -0.39 is 0 Å². The third-order valence-electron chi connectivity index (χ3n) is 5.03. The standard InChI is InChI=1S/C22H29N3/c1-7-18(8-2)24-20-13-17(6)23-22-19(9-10-25(20)22)21-15(4)11-14(3)12-16(21)5/h9-13,18,24H,7-8H2,1-6H3. The zero-order chi connectivity index (χ0) is 18.1. The third kappa shape index (κ3) is 3.28. The van der Waals surface area contributed by atoms with E-state index in [1.165, 1.54) is 27.8 Å². The molecule has 1 aromatic carbocycles. The first-order valence-corrected chi connectivity index (χ1v) is 9.28. The van der Waals surface area contributed by atoms with E-state index in [1.807, 2.05) is 0 Å². The second-order valence-electron chi connectivity index (χ2n) is 7.14. The van der Waals surface area contributed by atoms with Gasteiger partial charge in [-0.05, 0) is 63.3 Å². The van der Waals surface area contributed by atoms with Crippen molar-refractivity contribution in [3.05, 3.63) is 52.8 Å². The molecule has 0 bridgehead atoms.